The minimum Gasteiger partial charge on any atom is -0.480 e. The quantitative estimate of drug-likeness (QED) is 0.887. The lowest BCUT2D eigenvalue weighted by Gasteiger charge is -2.41. The van der Waals surface area contributed by atoms with Gasteiger partial charge in [0, 0.05) is 17.6 Å². The molecule has 0 saturated carbocycles. The van der Waals surface area contributed by atoms with Crippen molar-refractivity contribution in [2.45, 2.75) is 52.2 Å². The van der Waals surface area contributed by atoms with E-state index in [0.717, 1.165) is 16.8 Å². The average molecular weight is 334 g/mol. The molecule has 0 unspecified atom stereocenters. The zero-order chi connectivity index (χ0) is 18.1. The van der Waals surface area contributed by atoms with Crippen LogP contribution in [-0.4, -0.2) is 40.8 Å². The van der Waals surface area contributed by atoms with Gasteiger partial charge in [-0.2, -0.15) is 0 Å². The zero-order valence-electron chi connectivity index (χ0n) is 15.0. The minimum absolute atomic E-state index is 0.163. The van der Waals surface area contributed by atoms with E-state index in [4.69, 9.17) is 9.84 Å². The predicted octanol–water partition coefficient (Wildman–Crippen LogP) is 3.21. The number of carboxylic acids is 1. The molecule has 0 atom stereocenters. The summed E-state index contributed by atoms with van der Waals surface area (Å²) in [6.45, 7) is 10.5. The highest BCUT2D eigenvalue weighted by Crippen LogP contribution is 2.37. The Morgan fingerprint density at radius 2 is 2.00 bits per heavy atom. The van der Waals surface area contributed by atoms with Gasteiger partial charge in [0.2, 0.25) is 0 Å². The number of anilines is 1. The number of hydrogen-bond acceptors (Lipinski definition) is 4. The number of amides is 1. The van der Waals surface area contributed by atoms with Gasteiger partial charge >= 0.3 is 12.1 Å². The molecule has 1 aromatic carbocycles. The molecule has 1 heterocycles. The second-order valence-electron chi connectivity index (χ2n) is 7.80. The van der Waals surface area contributed by atoms with Crippen molar-refractivity contribution in [1.82, 2.24) is 4.90 Å². The van der Waals surface area contributed by atoms with E-state index in [1.165, 1.54) is 0 Å². The molecule has 1 aliphatic heterocycles. The Morgan fingerprint density at radius 1 is 1.33 bits per heavy atom. The molecule has 24 heavy (non-hydrogen) atoms. The Kier molecular flexibility index (Phi) is 4.78. The average Bonchev–Trinajstić information content (AvgIpc) is 2.42. The number of carbonyl (C=O) groups is 2. The van der Waals surface area contributed by atoms with Crippen LogP contribution in [0.1, 0.15) is 45.7 Å². The molecule has 2 rings (SSSR count). The number of rotatable bonds is 3. The highest BCUT2D eigenvalue weighted by atomic mass is 16.6. The first kappa shape index (κ1) is 18.1. The fourth-order valence-corrected chi connectivity index (χ4v) is 2.99. The van der Waals surface area contributed by atoms with E-state index in [1.807, 2.05) is 39.0 Å². The van der Waals surface area contributed by atoms with Crippen LogP contribution in [0.2, 0.25) is 0 Å². The number of ether oxygens (including phenoxy) is 1. The predicted molar refractivity (Wildman–Crippen MR) is 92.2 cm³/mol. The highest BCUT2D eigenvalue weighted by molar-refractivity contribution is 5.74. The van der Waals surface area contributed by atoms with Gasteiger partial charge in [0.1, 0.15) is 12.1 Å². The van der Waals surface area contributed by atoms with E-state index in [9.17, 15) is 9.59 Å². The maximum absolute atomic E-state index is 12.5. The molecule has 2 N–H and O–H groups in total. The summed E-state index contributed by atoms with van der Waals surface area (Å²) < 4.78 is 5.50. The van der Waals surface area contributed by atoms with Gasteiger partial charge in [-0.3, -0.25) is 4.79 Å². The normalized spacial score (nSPS) is 16.3. The third-order valence-corrected chi connectivity index (χ3v) is 3.92. The maximum Gasteiger partial charge on any atom is 0.410 e. The SMILES string of the molecule is CC(C)(C)OC(=O)N1Cc2c(NCC(=O)O)cccc2C(C)(C)C1. The molecule has 0 bridgehead atoms. The summed E-state index contributed by atoms with van der Waals surface area (Å²) >= 11 is 0. The topological polar surface area (TPSA) is 78.9 Å². The lowest BCUT2D eigenvalue weighted by Crippen LogP contribution is -2.47. The van der Waals surface area contributed by atoms with Crippen molar-refractivity contribution >= 4 is 17.7 Å². The summed E-state index contributed by atoms with van der Waals surface area (Å²) in [6, 6.07) is 5.79. The van der Waals surface area contributed by atoms with E-state index in [0.29, 0.717) is 13.1 Å². The third-order valence-electron chi connectivity index (χ3n) is 3.92. The van der Waals surface area contributed by atoms with Crippen LogP contribution in [0, 0.1) is 0 Å². The summed E-state index contributed by atoms with van der Waals surface area (Å²) in [5.74, 6) is -0.924. The molecule has 6 nitrogen and oxygen atoms in total. The molecule has 0 fully saturated rings. The van der Waals surface area contributed by atoms with Gasteiger partial charge in [-0.15, -0.1) is 0 Å². The first-order valence-electron chi connectivity index (χ1n) is 8.05. The molecule has 132 valence electrons. The molecule has 1 amide bonds. The Balaban J connectivity index is 2.32. The minimum atomic E-state index is -0.924. The van der Waals surface area contributed by atoms with Gasteiger partial charge < -0.3 is 20.1 Å². The van der Waals surface area contributed by atoms with Crippen molar-refractivity contribution in [2.24, 2.45) is 0 Å². The van der Waals surface area contributed by atoms with Crippen LogP contribution in [-0.2, 0) is 21.5 Å². The third kappa shape index (κ3) is 4.19. The molecule has 0 radical (unpaired) electrons. The van der Waals surface area contributed by atoms with Crippen molar-refractivity contribution in [1.29, 1.82) is 0 Å². The molecule has 0 aliphatic carbocycles. The number of nitrogens with one attached hydrogen (secondary N) is 1. The van der Waals surface area contributed by atoms with E-state index in [-0.39, 0.29) is 18.1 Å². The van der Waals surface area contributed by atoms with Crippen LogP contribution in [0.5, 0.6) is 0 Å². The molecular formula is C18H26N2O4. The van der Waals surface area contributed by atoms with Crippen molar-refractivity contribution < 1.29 is 19.4 Å². The smallest absolute Gasteiger partial charge is 0.410 e. The summed E-state index contributed by atoms with van der Waals surface area (Å²) in [4.78, 5) is 25.0. The molecule has 0 saturated heterocycles. The number of carbonyl (C=O) groups excluding carboxylic acids is 1. The van der Waals surface area contributed by atoms with Crippen molar-refractivity contribution in [2.75, 3.05) is 18.4 Å². The van der Waals surface area contributed by atoms with Crippen molar-refractivity contribution in [3.05, 3.63) is 29.3 Å². The monoisotopic (exact) mass is 334 g/mol. The van der Waals surface area contributed by atoms with E-state index < -0.39 is 11.6 Å². The standard InChI is InChI=1S/C18H26N2O4/c1-17(2,3)24-16(23)20-10-12-13(18(4,5)11-20)7-6-8-14(12)19-9-15(21)22/h6-8,19H,9-11H2,1-5H3,(H,21,22). The van der Waals surface area contributed by atoms with Gasteiger partial charge in [0.25, 0.3) is 0 Å². The second-order valence-corrected chi connectivity index (χ2v) is 7.80. The molecule has 6 heteroatoms. The van der Waals surface area contributed by atoms with Crippen LogP contribution in [0.3, 0.4) is 0 Å². The molecule has 0 spiro atoms. The summed E-state index contributed by atoms with van der Waals surface area (Å²) in [7, 11) is 0. The van der Waals surface area contributed by atoms with E-state index in [2.05, 4.69) is 19.2 Å². The van der Waals surface area contributed by atoms with Crippen LogP contribution < -0.4 is 5.32 Å². The summed E-state index contributed by atoms with van der Waals surface area (Å²) in [5, 5.41) is 11.8. The number of nitrogens with zero attached hydrogens (tertiary/aromatic N) is 1. The number of benzene rings is 1. The molecule has 1 aliphatic rings. The van der Waals surface area contributed by atoms with Crippen LogP contribution >= 0.6 is 0 Å². The van der Waals surface area contributed by atoms with E-state index in [1.54, 1.807) is 4.90 Å². The molecule has 0 aromatic heterocycles. The Morgan fingerprint density at radius 3 is 2.58 bits per heavy atom. The summed E-state index contributed by atoms with van der Waals surface area (Å²) in [6.07, 6.45) is -0.353. The van der Waals surface area contributed by atoms with Crippen molar-refractivity contribution in [3.63, 3.8) is 0 Å². The number of hydrogen-bond donors (Lipinski definition) is 2. The fourth-order valence-electron chi connectivity index (χ4n) is 2.99. The van der Waals surface area contributed by atoms with E-state index >= 15 is 0 Å². The Bertz CT molecular complexity index is 647. The largest absolute Gasteiger partial charge is 0.480 e. The zero-order valence-corrected chi connectivity index (χ0v) is 15.0. The first-order valence-corrected chi connectivity index (χ1v) is 8.05. The van der Waals surface area contributed by atoms with Crippen LogP contribution in [0.15, 0.2) is 18.2 Å². The number of fused-ring (bicyclic) bond motifs is 1. The fraction of sp³-hybridized carbons (Fsp3) is 0.556. The van der Waals surface area contributed by atoms with Gasteiger partial charge in [-0.05, 0) is 38.0 Å². The van der Waals surface area contributed by atoms with Gasteiger partial charge in [-0.25, -0.2) is 4.79 Å². The van der Waals surface area contributed by atoms with Gasteiger partial charge in [-0.1, -0.05) is 26.0 Å². The Labute approximate surface area is 142 Å². The van der Waals surface area contributed by atoms with Gasteiger partial charge in [0.05, 0.1) is 6.54 Å². The maximum atomic E-state index is 12.5. The Hall–Kier alpha value is -2.24. The van der Waals surface area contributed by atoms with Crippen LogP contribution in [0.25, 0.3) is 0 Å². The molecular weight excluding hydrogens is 308 g/mol. The number of aliphatic carboxylic acids is 1. The second kappa shape index (κ2) is 6.34. The summed E-state index contributed by atoms with van der Waals surface area (Å²) in [5.41, 5.74) is 2.02. The van der Waals surface area contributed by atoms with Crippen molar-refractivity contribution in [3.8, 4) is 0 Å². The lowest BCUT2D eigenvalue weighted by atomic mass is 9.78. The molecule has 1 aromatic rings. The highest BCUT2D eigenvalue weighted by Gasteiger charge is 2.36. The lowest BCUT2D eigenvalue weighted by molar-refractivity contribution is -0.134. The van der Waals surface area contributed by atoms with Gasteiger partial charge in [0.15, 0.2) is 0 Å². The number of carboxylic acid groups (broad SMARTS) is 1. The van der Waals surface area contributed by atoms with Crippen LogP contribution in [0.4, 0.5) is 10.5 Å². The first-order chi connectivity index (χ1) is 11.0.